The van der Waals surface area contributed by atoms with Gasteiger partial charge in [-0.05, 0) is 36.4 Å². The molecule has 1 atom stereocenters. The van der Waals surface area contributed by atoms with E-state index in [2.05, 4.69) is 16.9 Å². The predicted molar refractivity (Wildman–Crippen MR) is 107 cm³/mol. The lowest BCUT2D eigenvalue weighted by molar-refractivity contribution is -0.937. The van der Waals surface area contributed by atoms with Crippen molar-refractivity contribution in [1.29, 1.82) is 0 Å². The molecule has 0 aliphatic carbocycles. The summed E-state index contributed by atoms with van der Waals surface area (Å²) in [4.78, 5) is 3.37. The number of halogens is 1. The second-order valence-corrected chi connectivity index (χ2v) is 8.88. The molecule has 28 heavy (non-hydrogen) atoms. The van der Waals surface area contributed by atoms with Crippen molar-refractivity contribution in [3.8, 4) is 0 Å². The number of morpholine rings is 1. The van der Waals surface area contributed by atoms with Gasteiger partial charge in [-0.1, -0.05) is 12.1 Å². The topological polar surface area (TPSA) is 63.1 Å². The molecular formula is C20H27FN3O3S+. The van der Waals surface area contributed by atoms with E-state index in [4.69, 9.17) is 4.74 Å². The first kappa shape index (κ1) is 20.7. The molecule has 2 aromatic rings. The first-order chi connectivity index (χ1) is 13.4. The van der Waals surface area contributed by atoms with Crippen LogP contribution in [-0.4, -0.2) is 55.4 Å². The highest BCUT2D eigenvalue weighted by Crippen LogP contribution is 2.17. The van der Waals surface area contributed by atoms with E-state index in [1.54, 1.807) is 0 Å². The van der Waals surface area contributed by atoms with Crippen LogP contribution in [0.15, 0.2) is 53.4 Å². The van der Waals surface area contributed by atoms with Crippen LogP contribution in [0.1, 0.15) is 11.6 Å². The van der Waals surface area contributed by atoms with Crippen LogP contribution in [0, 0.1) is 5.82 Å². The fourth-order valence-electron chi connectivity index (χ4n) is 3.37. The van der Waals surface area contributed by atoms with Crippen molar-refractivity contribution in [2.24, 2.45) is 0 Å². The number of nitrogens with zero attached hydrogens (tertiary/aromatic N) is 1. The van der Waals surface area contributed by atoms with Gasteiger partial charge in [0.1, 0.15) is 24.9 Å². The number of quaternary nitrogens is 1. The van der Waals surface area contributed by atoms with Crippen molar-refractivity contribution >= 4 is 15.7 Å². The Balaban J connectivity index is 1.79. The van der Waals surface area contributed by atoms with Crippen molar-refractivity contribution in [2.45, 2.75) is 10.9 Å². The van der Waals surface area contributed by atoms with Gasteiger partial charge in [0.25, 0.3) is 0 Å². The molecule has 0 radical (unpaired) electrons. The number of ether oxygens (including phenoxy) is 1. The molecule has 1 aliphatic heterocycles. The summed E-state index contributed by atoms with van der Waals surface area (Å²) in [5, 5.41) is 0. The monoisotopic (exact) mass is 408 g/mol. The van der Waals surface area contributed by atoms with E-state index >= 15 is 0 Å². The van der Waals surface area contributed by atoms with Gasteiger partial charge in [0.15, 0.2) is 0 Å². The smallest absolute Gasteiger partial charge is 0.240 e. The Morgan fingerprint density at radius 1 is 1.07 bits per heavy atom. The third-order valence-electron chi connectivity index (χ3n) is 5.04. The van der Waals surface area contributed by atoms with Gasteiger partial charge in [-0.2, -0.15) is 0 Å². The third kappa shape index (κ3) is 5.08. The summed E-state index contributed by atoms with van der Waals surface area (Å²) >= 11 is 0. The molecule has 0 saturated carbocycles. The predicted octanol–water partition coefficient (Wildman–Crippen LogP) is 0.826. The van der Waals surface area contributed by atoms with Gasteiger partial charge in [0, 0.05) is 25.3 Å². The second kappa shape index (κ2) is 9.00. The average molecular weight is 409 g/mol. The molecule has 0 amide bonds. The maximum Gasteiger partial charge on any atom is 0.240 e. The highest BCUT2D eigenvalue weighted by molar-refractivity contribution is 7.89. The van der Waals surface area contributed by atoms with Crippen LogP contribution in [0.2, 0.25) is 0 Å². The van der Waals surface area contributed by atoms with Crippen LogP contribution in [-0.2, 0) is 14.8 Å². The molecule has 0 aromatic heterocycles. The van der Waals surface area contributed by atoms with Crippen LogP contribution < -0.4 is 14.5 Å². The van der Waals surface area contributed by atoms with E-state index in [0.29, 0.717) is 13.2 Å². The summed E-state index contributed by atoms with van der Waals surface area (Å²) < 4.78 is 46.5. The molecule has 0 spiro atoms. The van der Waals surface area contributed by atoms with Gasteiger partial charge in [-0.15, -0.1) is 0 Å². The Bertz CT molecular complexity index is 865. The summed E-state index contributed by atoms with van der Waals surface area (Å²) in [5.74, 6) is -0.462. The van der Waals surface area contributed by atoms with E-state index < -0.39 is 15.8 Å². The number of nitrogens with one attached hydrogen (secondary N) is 2. The maximum atomic E-state index is 13.1. The molecule has 0 unspecified atom stereocenters. The van der Waals surface area contributed by atoms with Gasteiger partial charge in [-0.3, -0.25) is 0 Å². The van der Waals surface area contributed by atoms with Crippen LogP contribution in [0.3, 0.4) is 0 Å². The van der Waals surface area contributed by atoms with E-state index in [-0.39, 0.29) is 17.5 Å². The molecule has 1 aliphatic rings. The summed E-state index contributed by atoms with van der Waals surface area (Å²) in [7, 11) is 0.256. The molecule has 2 aromatic carbocycles. The lowest BCUT2D eigenvalue weighted by Gasteiger charge is -2.32. The molecule has 8 heteroatoms. The summed E-state index contributed by atoms with van der Waals surface area (Å²) in [5.41, 5.74) is 2.16. The lowest BCUT2D eigenvalue weighted by atomic mass is 10.0. The lowest BCUT2D eigenvalue weighted by Crippen LogP contribution is -3.15. The molecule has 6 nitrogen and oxygen atoms in total. The quantitative estimate of drug-likeness (QED) is 0.712. The molecule has 2 N–H and O–H groups in total. The van der Waals surface area contributed by atoms with E-state index in [9.17, 15) is 12.8 Å². The van der Waals surface area contributed by atoms with Crippen molar-refractivity contribution in [2.75, 3.05) is 51.8 Å². The minimum Gasteiger partial charge on any atom is -0.378 e. The third-order valence-corrected chi connectivity index (χ3v) is 6.48. The first-order valence-electron chi connectivity index (χ1n) is 9.31. The van der Waals surface area contributed by atoms with Crippen LogP contribution >= 0.6 is 0 Å². The Hall–Kier alpha value is -2.00. The highest BCUT2D eigenvalue weighted by atomic mass is 32.2. The number of hydrogen-bond acceptors (Lipinski definition) is 4. The van der Waals surface area contributed by atoms with Crippen molar-refractivity contribution in [1.82, 2.24) is 4.72 Å². The Morgan fingerprint density at radius 2 is 1.68 bits per heavy atom. The van der Waals surface area contributed by atoms with Gasteiger partial charge in [0.2, 0.25) is 10.0 Å². The fourth-order valence-corrected chi connectivity index (χ4v) is 4.42. The molecular weight excluding hydrogens is 381 g/mol. The zero-order chi connectivity index (χ0) is 20.1. The SMILES string of the molecule is CN(C)c1ccc([C@H](CNS(=O)(=O)c2ccc(F)cc2)[NH+]2CCOCC2)cc1. The normalized spacial score (nSPS) is 16.7. The van der Waals surface area contributed by atoms with Gasteiger partial charge < -0.3 is 14.5 Å². The number of rotatable bonds is 7. The molecule has 1 fully saturated rings. The molecule has 1 heterocycles. The zero-order valence-corrected chi connectivity index (χ0v) is 17.0. The summed E-state index contributed by atoms with van der Waals surface area (Å²) in [6, 6.07) is 13.0. The molecule has 0 bridgehead atoms. The Labute approximate surface area is 166 Å². The fraction of sp³-hybridized carbons (Fsp3) is 0.400. The van der Waals surface area contributed by atoms with Crippen molar-refractivity contribution in [3.63, 3.8) is 0 Å². The van der Waals surface area contributed by atoms with Gasteiger partial charge in [0.05, 0.1) is 24.7 Å². The zero-order valence-electron chi connectivity index (χ0n) is 16.2. The number of sulfonamides is 1. The maximum absolute atomic E-state index is 13.1. The van der Waals surface area contributed by atoms with Gasteiger partial charge >= 0.3 is 0 Å². The van der Waals surface area contributed by atoms with Crippen molar-refractivity contribution in [3.05, 3.63) is 59.9 Å². The van der Waals surface area contributed by atoms with Gasteiger partial charge in [-0.25, -0.2) is 17.5 Å². The number of hydrogen-bond donors (Lipinski definition) is 2. The van der Waals surface area contributed by atoms with E-state index in [1.807, 2.05) is 31.1 Å². The summed E-state index contributed by atoms with van der Waals surface area (Å²) in [6.07, 6.45) is 0. The van der Waals surface area contributed by atoms with Crippen LogP contribution in [0.4, 0.5) is 10.1 Å². The standard InChI is InChI=1S/C20H26FN3O3S/c1-23(2)18-7-3-16(4-8-18)20(24-11-13-27-14-12-24)15-22-28(25,26)19-9-5-17(21)6-10-19/h3-10,20,22H,11-15H2,1-2H3/p+1/t20-/m0/s1. The Morgan fingerprint density at radius 3 is 2.25 bits per heavy atom. The van der Waals surface area contributed by atoms with Crippen molar-refractivity contribution < 1.29 is 22.4 Å². The van der Waals surface area contributed by atoms with Crippen LogP contribution in [0.25, 0.3) is 0 Å². The number of benzene rings is 2. The minimum atomic E-state index is -3.71. The summed E-state index contributed by atoms with van der Waals surface area (Å²) in [6.45, 7) is 3.21. The minimum absolute atomic E-state index is 0.0321. The molecule has 152 valence electrons. The molecule has 1 saturated heterocycles. The van der Waals surface area contributed by atoms with Crippen LogP contribution in [0.5, 0.6) is 0 Å². The van der Waals surface area contributed by atoms with E-state index in [1.165, 1.54) is 17.0 Å². The number of anilines is 1. The van der Waals surface area contributed by atoms with E-state index in [0.717, 1.165) is 36.5 Å². The molecule has 3 rings (SSSR count). The largest absolute Gasteiger partial charge is 0.378 e. The highest BCUT2D eigenvalue weighted by Gasteiger charge is 2.28. The Kier molecular flexibility index (Phi) is 6.66. The first-order valence-corrected chi connectivity index (χ1v) is 10.8. The average Bonchev–Trinajstić information content (AvgIpc) is 2.69. The second-order valence-electron chi connectivity index (χ2n) is 7.11.